The van der Waals surface area contributed by atoms with E-state index in [1.54, 1.807) is 0 Å². The highest BCUT2D eigenvalue weighted by atomic mass is 35.5. The summed E-state index contributed by atoms with van der Waals surface area (Å²) in [4.78, 5) is 10.9. The van der Waals surface area contributed by atoms with Crippen molar-refractivity contribution in [3.8, 4) is 0 Å². The highest BCUT2D eigenvalue weighted by Crippen LogP contribution is 2.19. The van der Waals surface area contributed by atoms with Crippen LogP contribution in [0.1, 0.15) is 45.4 Å². The summed E-state index contributed by atoms with van der Waals surface area (Å²) in [6, 6.07) is 1.82. The fourth-order valence-corrected chi connectivity index (χ4v) is 1.57. The first-order valence-corrected chi connectivity index (χ1v) is 6.18. The van der Waals surface area contributed by atoms with Crippen molar-refractivity contribution in [1.82, 2.24) is 9.97 Å². The summed E-state index contributed by atoms with van der Waals surface area (Å²) >= 11 is 5.99. The number of anilines is 1. The first-order valence-electron chi connectivity index (χ1n) is 5.80. The summed E-state index contributed by atoms with van der Waals surface area (Å²) in [5.74, 6) is 2.03. The van der Waals surface area contributed by atoms with E-state index in [0.717, 1.165) is 24.6 Å². The molecule has 0 aromatic carbocycles. The Hall–Kier alpha value is -0.830. The van der Waals surface area contributed by atoms with E-state index in [9.17, 15) is 0 Å². The molecule has 0 aliphatic heterocycles. The summed E-state index contributed by atoms with van der Waals surface area (Å²) in [7, 11) is 2.04. The second kappa shape index (κ2) is 6.04. The lowest BCUT2D eigenvalue weighted by Gasteiger charge is -2.19. The third-order valence-electron chi connectivity index (χ3n) is 2.45. The van der Waals surface area contributed by atoms with E-state index in [-0.39, 0.29) is 0 Å². The van der Waals surface area contributed by atoms with E-state index in [0.29, 0.717) is 11.1 Å². The Morgan fingerprint density at radius 2 is 2.06 bits per heavy atom. The number of nitrogens with zero attached hydrogens (tertiary/aromatic N) is 3. The topological polar surface area (TPSA) is 29.0 Å². The molecule has 0 aliphatic rings. The van der Waals surface area contributed by atoms with Gasteiger partial charge in [0.25, 0.3) is 0 Å². The van der Waals surface area contributed by atoms with Gasteiger partial charge in [-0.1, -0.05) is 38.8 Å². The molecule has 0 saturated carbocycles. The van der Waals surface area contributed by atoms with Gasteiger partial charge < -0.3 is 4.90 Å². The maximum Gasteiger partial charge on any atom is 0.135 e. The molecule has 1 aromatic heterocycles. The minimum absolute atomic E-state index is 0.303. The van der Waals surface area contributed by atoms with Gasteiger partial charge in [0.2, 0.25) is 0 Å². The van der Waals surface area contributed by atoms with Crippen molar-refractivity contribution >= 4 is 17.4 Å². The maximum absolute atomic E-state index is 5.99. The molecule has 0 atom stereocenters. The Bertz CT molecular complexity index is 339. The van der Waals surface area contributed by atoms with Gasteiger partial charge in [0.05, 0.1) is 0 Å². The third kappa shape index (κ3) is 3.63. The van der Waals surface area contributed by atoms with Crippen molar-refractivity contribution in [2.24, 2.45) is 0 Å². The number of halogens is 1. The molecule has 0 amide bonds. The average molecular weight is 242 g/mol. The number of hydrogen-bond acceptors (Lipinski definition) is 3. The van der Waals surface area contributed by atoms with Crippen LogP contribution in [0.15, 0.2) is 6.07 Å². The Balaban J connectivity index is 2.86. The van der Waals surface area contributed by atoms with Gasteiger partial charge in [-0.3, -0.25) is 0 Å². The van der Waals surface area contributed by atoms with Crippen LogP contribution < -0.4 is 4.90 Å². The van der Waals surface area contributed by atoms with E-state index in [4.69, 9.17) is 11.6 Å². The fourth-order valence-electron chi connectivity index (χ4n) is 1.39. The van der Waals surface area contributed by atoms with Crippen LogP contribution in [-0.2, 0) is 0 Å². The van der Waals surface area contributed by atoms with Gasteiger partial charge in [-0.2, -0.15) is 0 Å². The van der Waals surface area contributed by atoms with Crippen LogP contribution in [-0.4, -0.2) is 23.6 Å². The van der Waals surface area contributed by atoms with Crippen molar-refractivity contribution in [3.05, 3.63) is 17.0 Å². The van der Waals surface area contributed by atoms with Gasteiger partial charge in [0.15, 0.2) is 0 Å². The number of aromatic nitrogens is 2. The Kier molecular flexibility index (Phi) is 5.00. The average Bonchev–Trinajstić information content (AvgIpc) is 2.24. The van der Waals surface area contributed by atoms with E-state index in [2.05, 4.69) is 35.6 Å². The van der Waals surface area contributed by atoms with Crippen LogP contribution in [0.2, 0.25) is 5.15 Å². The van der Waals surface area contributed by atoms with E-state index < -0.39 is 0 Å². The molecule has 0 saturated heterocycles. The molecule has 0 N–H and O–H groups in total. The SMILES string of the molecule is CCCCN(C)c1cc(Cl)nc(C(C)C)n1. The Morgan fingerprint density at radius 1 is 1.38 bits per heavy atom. The summed E-state index contributed by atoms with van der Waals surface area (Å²) in [5.41, 5.74) is 0. The lowest BCUT2D eigenvalue weighted by molar-refractivity contribution is 0.736. The van der Waals surface area contributed by atoms with Crippen LogP contribution in [0.25, 0.3) is 0 Å². The van der Waals surface area contributed by atoms with E-state index >= 15 is 0 Å². The van der Waals surface area contributed by atoms with Gasteiger partial charge in [0.1, 0.15) is 16.8 Å². The zero-order chi connectivity index (χ0) is 12.1. The van der Waals surface area contributed by atoms with E-state index in [1.165, 1.54) is 6.42 Å². The smallest absolute Gasteiger partial charge is 0.135 e. The molecule has 0 fully saturated rings. The fraction of sp³-hybridized carbons (Fsp3) is 0.667. The van der Waals surface area contributed by atoms with Crippen molar-refractivity contribution in [2.75, 3.05) is 18.5 Å². The Labute approximate surface area is 103 Å². The summed E-state index contributed by atoms with van der Waals surface area (Å²) in [6.45, 7) is 7.32. The number of rotatable bonds is 5. The summed E-state index contributed by atoms with van der Waals surface area (Å²) in [6.07, 6.45) is 2.34. The lowest BCUT2D eigenvalue weighted by atomic mass is 10.2. The van der Waals surface area contributed by atoms with Crippen LogP contribution in [0.4, 0.5) is 5.82 Å². The minimum Gasteiger partial charge on any atom is -0.360 e. The first kappa shape index (κ1) is 13.2. The normalized spacial score (nSPS) is 10.9. The molecule has 0 aliphatic carbocycles. The van der Waals surface area contributed by atoms with Crippen LogP contribution in [0.3, 0.4) is 0 Å². The zero-order valence-electron chi connectivity index (χ0n) is 10.5. The zero-order valence-corrected chi connectivity index (χ0v) is 11.3. The molecule has 0 unspecified atom stereocenters. The molecule has 90 valence electrons. The monoisotopic (exact) mass is 241 g/mol. The predicted molar refractivity (Wildman–Crippen MR) is 69.3 cm³/mol. The van der Waals surface area contributed by atoms with E-state index in [1.807, 2.05) is 13.1 Å². The summed E-state index contributed by atoms with van der Waals surface area (Å²) in [5, 5.41) is 0.525. The lowest BCUT2D eigenvalue weighted by Crippen LogP contribution is -2.20. The third-order valence-corrected chi connectivity index (χ3v) is 2.65. The molecule has 1 heterocycles. The first-order chi connectivity index (χ1) is 7.54. The molecule has 3 nitrogen and oxygen atoms in total. The second-order valence-corrected chi connectivity index (χ2v) is 4.72. The van der Waals surface area contributed by atoms with Crippen LogP contribution in [0.5, 0.6) is 0 Å². The van der Waals surface area contributed by atoms with Crippen molar-refractivity contribution in [2.45, 2.75) is 39.5 Å². The standard InChI is InChI=1S/C12H20ClN3/c1-5-6-7-16(4)11-8-10(13)14-12(15-11)9(2)3/h8-9H,5-7H2,1-4H3. The molecular formula is C12H20ClN3. The van der Waals surface area contributed by atoms with Gasteiger partial charge in [-0.25, -0.2) is 9.97 Å². The molecule has 0 bridgehead atoms. The summed E-state index contributed by atoms with van der Waals surface area (Å²) < 4.78 is 0. The highest BCUT2D eigenvalue weighted by Gasteiger charge is 2.09. The van der Waals surface area contributed by atoms with Crippen molar-refractivity contribution in [1.29, 1.82) is 0 Å². The largest absolute Gasteiger partial charge is 0.360 e. The minimum atomic E-state index is 0.303. The Morgan fingerprint density at radius 3 is 2.62 bits per heavy atom. The maximum atomic E-state index is 5.99. The predicted octanol–water partition coefficient (Wildman–Crippen LogP) is 3.49. The van der Waals surface area contributed by atoms with Gasteiger partial charge in [0, 0.05) is 25.6 Å². The molecule has 16 heavy (non-hydrogen) atoms. The molecule has 0 spiro atoms. The number of hydrogen-bond donors (Lipinski definition) is 0. The molecular weight excluding hydrogens is 222 g/mol. The quantitative estimate of drug-likeness (QED) is 0.739. The molecule has 0 radical (unpaired) electrons. The van der Waals surface area contributed by atoms with Crippen LogP contribution >= 0.6 is 11.6 Å². The number of unbranched alkanes of at least 4 members (excludes halogenated alkanes) is 1. The van der Waals surface area contributed by atoms with Gasteiger partial charge in [-0.05, 0) is 6.42 Å². The highest BCUT2D eigenvalue weighted by molar-refractivity contribution is 6.29. The second-order valence-electron chi connectivity index (χ2n) is 4.34. The van der Waals surface area contributed by atoms with Gasteiger partial charge in [-0.15, -0.1) is 0 Å². The molecule has 1 rings (SSSR count). The molecule has 4 heteroatoms. The van der Waals surface area contributed by atoms with Crippen molar-refractivity contribution in [3.63, 3.8) is 0 Å². The van der Waals surface area contributed by atoms with Crippen molar-refractivity contribution < 1.29 is 0 Å². The van der Waals surface area contributed by atoms with Gasteiger partial charge >= 0.3 is 0 Å². The molecule has 1 aromatic rings. The van der Waals surface area contributed by atoms with Crippen LogP contribution in [0, 0.1) is 0 Å².